The van der Waals surface area contributed by atoms with Crippen LogP contribution in [-0.2, 0) is 18.3 Å². The normalized spacial score (nSPS) is 11.1. The minimum atomic E-state index is -0.220. The molecule has 4 N–H and O–H groups in total. The van der Waals surface area contributed by atoms with Gasteiger partial charge in [0.15, 0.2) is 0 Å². The fraction of sp³-hybridized carbons (Fsp3) is 0.0909. The SMILES string of the molecule is Cn1cc(-c2ccncc2C=CC(=O)Nc2ccc(Cc3cn[nH]c3N)cc2)cn1. The van der Waals surface area contributed by atoms with Crippen molar-refractivity contribution in [2.45, 2.75) is 6.42 Å². The second kappa shape index (κ2) is 8.44. The van der Waals surface area contributed by atoms with Gasteiger partial charge >= 0.3 is 0 Å². The molecular formula is C22H21N7O. The van der Waals surface area contributed by atoms with Crippen molar-refractivity contribution in [2.75, 3.05) is 11.1 Å². The summed E-state index contributed by atoms with van der Waals surface area (Å²) in [6, 6.07) is 9.53. The van der Waals surface area contributed by atoms with Crippen LogP contribution in [0.5, 0.6) is 0 Å². The minimum absolute atomic E-state index is 0.220. The molecule has 4 aromatic rings. The molecule has 8 heteroatoms. The van der Waals surface area contributed by atoms with Gasteiger partial charge in [-0.3, -0.25) is 19.6 Å². The molecule has 1 amide bonds. The van der Waals surface area contributed by atoms with Crippen LogP contribution in [0.3, 0.4) is 0 Å². The number of anilines is 2. The number of hydrogen-bond acceptors (Lipinski definition) is 5. The molecule has 0 saturated heterocycles. The van der Waals surface area contributed by atoms with Crippen molar-refractivity contribution in [1.29, 1.82) is 0 Å². The highest BCUT2D eigenvalue weighted by molar-refractivity contribution is 6.02. The van der Waals surface area contributed by atoms with Gasteiger partial charge in [0.2, 0.25) is 5.91 Å². The van der Waals surface area contributed by atoms with Gasteiger partial charge in [0.1, 0.15) is 5.82 Å². The highest BCUT2D eigenvalue weighted by Crippen LogP contribution is 2.23. The Kier molecular flexibility index (Phi) is 5.38. The van der Waals surface area contributed by atoms with Gasteiger partial charge in [-0.25, -0.2) is 0 Å². The van der Waals surface area contributed by atoms with Crippen molar-refractivity contribution in [3.8, 4) is 11.1 Å². The summed E-state index contributed by atoms with van der Waals surface area (Å²) >= 11 is 0. The molecule has 1 aromatic carbocycles. The first kappa shape index (κ1) is 19.1. The number of carbonyl (C=O) groups excluding carboxylic acids is 1. The van der Waals surface area contributed by atoms with Crippen molar-refractivity contribution in [3.63, 3.8) is 0 Å². The summed E-state index contributed by atoms with van der Waals surface area (Å²) in [7, 11) is 1.86. The van der Waals surface area contributed by atoms with Crippen LogP contribution in [0.1, 0.15) is 16.7 Å². The van der Waals surface area contributed by atoms with Crippen LogP contribution in [0.4, 0.5) is 11.5 Å². The lowest BCUT2D eigenvalue weighted by molar-refractivity contribution is -0.111. The van der Waals surface area contributed by atoms with Gasteiger partial charge in [0.25, 0.3) is 0 Å². The zero-order chi connectivity index (χ0) is 20.9. The minimum Gasteiger partial charge on any atom is -0.384 e. The Hall–Kier alpha value is -4.20. The number of nitrogens with zero attached hydrogens (tertiary/aromatic N) is 4. The van der Waals surface area contributed by atoms with E-state index >= 15 is 0 Å². The number of hydrogen-bond donors (Lipinski definition) is 3. The van der Waals surface area contributed by atoms with E-state index in [1.54, 1.807) is 35.5 Å². The fourth-order valence-corrected chi connectivity index (χ4v) is 3.10. The van der Waals surface area contributed by atoms with E-state index in [1.165, 1.54) is 6.08 Å². The molecule has 0 spiro atoms. The van der Waals surface area contributed by atoms with Gasteiger partial charge < -0.3 is 11.1 Å². The van der Waals surface area contributed by atoms with E-state index < -0.39 is 0 Å². The maximum Gasteiger partial charge on any atom is 0.248 e. The number of carbonyl (C=O) groups is 1. The van der Waals surface area contributed by atoms with E-state index in [4.69, 9.17) is 5.73 Å². The summed E-state index contributed by atoms with van der Waals surface area (Å²) in [5, 5.41) is 13.7. The van der Waals surface area contributed by atoms with Crippen molar-refractivity contribution in [1.82, 2.24) is 25.0 Å². The maximum atomic E-state index is 12.4. The van der Waals surface area contributed by atoms with Crippen LogP contribution < -0.4 is 11.1 Å². The number of pyridine rings is 1. The molecule has 150 valence electrons. The topological polar surface area (TPSA) is 115 Å². The van der Waals surface area contributed by atoms with Crippen molar-refractivity contribution < 1.29 is 4.79 Å². The van der Waals surface area contributed by atoms with Crippen molar-refractivity contribution >= 4 is 23.5 Å². The number of aryl methyl sites for hydroxylation is 1. The molecule has 30 heavy (non-hydrogen) atoms. The standard InChI is InChI=1S/C22H21N7O/c1-29-14-18(13-26-29)20-8-9-24-11-16(20)4-7-21(30)27-19-5-2-15(3-6-19)10-17-12-25-28-22(17)23/h2-9,11-14H,10H2,1H3,(H,27,30)(H3,23,25,28). The van der Waals surface area contributed by atoms with E-state index in [0.717, 1.165) is 27.8 Å². The predicted octanol–water partition coefficient (Wildman–Crippen LogP) is 3.03. The Morgan fingerprint density at radius 1 is 1.20 bits per heavy atom. The number of aromatic amines is 1. The average molecular weight is 399 g/mol. The summed E-state index contributed by atoms with van der Waals surface area (Å²) in [5.74, 6) is 0.349. The lowest BCUT2D eigenvalue weighted by Gasteiger charge is -2.05. The van der Waals surface area contributed by atoms with E-state index in [0.29, 0.717) is 17.9 Å². The fourth-order valence-electron chi connectivity index (χ4n) is 3.10. The molecule has 3 heterocycles. The molecule has 0 aliphatic heterocycles. The third-order valence-electron chi connectivity index (χ3n) is 4.65. The van der Waals surface area contributed by atoms with Gasteiger partial charge in [-0.05, 0) is 35.4 Å². The summed E-state index contributed by atoms with van der Waals surface area (Å²) in [5.41, 5.74) is 11.3. The highest BCUT2D eigenvalue weighted by Gasteiger charge is 2.06. The van der Waals surface area contributed by atoms with E-state index in [-0.39, 0.29) is 5.91 Å². The van der Waals surface area contributed by atoms with E-state index in [2.05, 4.69) is 25.6 Å². The predicted molar refractivity (Wildman–Crippen MR) is 116 cm³/mol. The van der Waals surface area contributed by atoms with Crippen LogP contribution in [0.15, 0.2) is 67.4 Å². The molecule has 3 aromatic heterocycles. The quantitative estimate of drug-likeness (QED) is 0.431. The molecule has 0 atom stereocenters. The van der Waals surface area contributed by atoms with Crippen LogP contribution in [-0.4, -0.2) is 30.9 Å². The van der Waals surface area contributed by atoms with E-state index in [9.17, 15) is 4.79 Å². The zero-order valence-corrected chi connectivity index (χ0v) is 16.4. The second-order valence-corrected chi connectivity index (χ2v) is 6.87. The van der Waals surface area contributed by atoms with E-state index in [1.807, 2.05) is 43.6 Å². The highest BCUT2D eigenvalue weighted by atomic mass is 16.1. The van der Waals surface area contributed by atoms with Gasteiger partial charge in [0.05, 0.1) is 12.4 Å². The largest absolute Gasteiger partial charge is 0.384 e. The Bertz CT molecular complexity index is 1190. The number of aromatic nitrogens is 5. The third kappa shape index (κ3) is 4.44. The first-order valence-electron chi connectivity index (χ1n) is 9.37. The molecule has 0 aliphatic carbocycles. The number of H-pyrrole nitrogens is 1. The lowest BCUT2D eigenvalue weighted by Crippen LogP contribution is -2.07. The maximum absolute atomic E-state index is 12.4. The zero-order valence-electron chi connectivity index (χ0n) is 16.4. The van der Waals surface area contributed by atoms with Crippen molar-refractivity contribution in [2.24, 2.45) is 7.05 Å². The van der Waals surface area contributed by atoms with Crippen LogP contribution in [0.2, 0.25) is 0 Å². The average Bonchev–Trinajstić information content (AvgIpc) is 3.36. The molecule has 0 bridgehead atoms. The number of nitrogens with two attached hydrogens (primary N) is 1. The Morgan fingerprint density at radius 3 is 2.73 bits per heavy atom. The number of rotatable bonds is 6. The number of nitrogen functional groups attached to an aromatic ring is 1. The third-order valence-corrected chi connectivity index (χ3v) is 4.65. The molecule has 0 saturated carbocycles. The molecule has 0 radical (unpaired) electrons. The molecule has 0 fully saturated rings. The number of nitrogens with one attached hydrogen (secondary N) is 2. The first-order chi connectivity index (χ1) is 14.6. The molecule has 0 aliphatic rings. The summed E-state index contributed by atoms with van der Waals surface area (Å²) in [6.45, 7) is 0. The van der Waals surface area contributed by atoms with Gasteiger partial charge in [0, 0.05) is 60.5 Å². The van der Waals surface area contributed by atoms with Gasteiger partial charge in [-0.1, -0.05) is 12.1 Å². The smallest absolute Gasteiger partial charge is 0.248 e. The number of benzene rings is 1. The molecule has 8 nitrogen and oxygen atoms in total. The monoisotopic (exact) mass is 399 g/mol. The Labute approximate surface area is 173 Å². The van der Waals surface area contributed by atoms with Crippen molar-refractivity contribution in [3.05, 3.63) is 84.1 Å². The van der Waals surface area contributed by atoms with Crippen LogP contribution in [0, 0.1) is 0 Å². The molecule has 4 rings (SSSR count). The Morgan fingerprint density at radius 2 is 2.03 bits per heavy atom. The van der Waals surface area contributed by atoms with Crippen LogP contribution >= 0.6 is 0 Å². The number of amides is 1. The van der Waals surface area contributed by atoms with Gasteiger partial charge in [-0.15, -0.1) is 0 Å². The second-order valence-electron chi connectivity index (χ2n) is 6.87. The van der Waals surface area contributed by atoms with Crippen LogP contribution in [0.25, 0.3) is 17.2 Å². The summed E-state index contributed by atoms with van der Waals surface area (Å²) < 4.78 is 1.74. The van der Waals surface area contributed by atoms with Gasteiger partial charge in [-0.2, -0.15) is 10.2 Å². The molecule has 0 unspecified atom stereocenters. The molecular weight excluding hydrogens is 378 g/mol. The Balaban J connectivity index is 1.41. The summed E-state index contributed by atoms with van der Waals surface area (Å²) in [4.78, 5) is 16.5. The first-order valence-corrected chi connectivity index (χ1v) is 9.37. The summed E-state index contributed by atoms with van der Waals surface area (Å²) in [6.07, 6.45) is 12.8. The lowest BCUT2D eigenvalue weighted by atomic mass is 10.0.